The number of nitrogens with two attached hydrogens (primary N) is 2. The number of carbonyl (C=O) groups is 10. The molecule has 19 N–H and O–H groups in total. The molecule has 14 unspecified atom stereocenters. The second-order valence-corrected chi connectivity index (χ2v) is 21.6. The molecule has 1 aliphatic rings. The Morgan fingerprint density at radius 1 is 0.682 bits per heavy atom. The van der Waals surface area contributed by atoms with Crippen LogP contribution in [0.3, 0.4) is 0 Å². The minimum absolute atomic E-state index is 0.0150. The lowest BCUT2D eigenvalue weighted by Crippen LogP contribution is -2.65. The van der Waals surface area contributed by atoms with E-state index in [4.69, 9.17) is 16.2 Å². The number of aromatic nitrogens is 1. The lowest BCUT2D eigenvalue weighted by molar-refractivity contribution is -0.160. The van der Waals surface area contributed by atoms with Gasteiger partial charge >= 0.3 is 5.97 Å². The van der Waals surface area contributed by atoms with Crippen LogP contribution in [0.2, 0.25) is 0 Å². The molecule has 85 heavy (non-hydrogen) atoms. The fraction of sp³-hybridized carbons (Fsp3) is 0.544. The van der Waals surface area contributed by atoms with Gasteiger partial charge in [-0.05, 0) is 62.6 Å². The number of allylic oxidation sites excluding steroid dienone is 1. The van der Waals surface area contributed by atoms with Crippen LogP contribution in [0.15, 0.2) is 72.6 Å². The quantitative estimate of drug-likeness (QED) is 0.0459. The van der Waals surface area contributed by atoms with Gasteiger partial charge in [0, 0.05) is 29.1 Å². The van der Waals surface area contributed by atoms with E-state index in [1.54, 1.807) is 68.4 Å². The van der Waals surface area contributed by atoms with Crippen LogP contribution in [0.1, 0.15) is 91.9 Å². The molecule has 1 saturated heterocycles. The standard InChI is InChI=1S/C57H84N12O16/c1-9-29(7)40(59)52(79)69-44-47(28(5)6)85-57(84)37(23-31-17-12-11-13-18-31)63-49(76)36(21-16-22-58)62-55(82)43(46(74)33-24-60-35-20-15-14-19-32(33)35)68-50(77)38(25-70)64-48(75)34(10-2)61-54(81)42(45(73)27(3)4)67-51(78)39(26-71)65-53(80)41(30(8)72)66-56(44)83/h10-15,17-20,24,27-30,36-47,60,70-74H,9,16,21-23,25-26,58-59H2,1-8H3,(H,61,81)(H,62,82)(H,63,76)(H,64,75)(H,65,80)(H,66,83)(H,67,78)(H,68,77)(H,69,79). The number of para-hydroxylation sites is 1. The molecule has 0 aliphatic carbocycles. The Kier molecular flexibility index (Phi) is 27.0. The summed E-state index contributed by atoms with van der Waals surface area (Å²) in [4.78, 5) is 146. The van der Waals surface area contributed by atoms with Gasteiger partial charge in [-0.2, -0.15) is 0 Å². The topological polar surface area (TPSA) is 457 Å². The van der Waals surface area contributed by atoms with E-state index in [1.165, 1.54) is 40.8 Å². The molecule has 28 heteroatoms. The van der Waals surface area contributed by atoms with Crippen molar-refractivity contribution in [2.75, 3.05) is 19.8 Å². The summed E-state index contributed by atoms with van der Waals surface area (Å²) in [5.74, 6) is -14.0. The molecule has 9 amide bonds. The Labute approximate surface area is 492 Å². The Morgan fingerprint density at radius 2 is 1.24 bits per heavy atom. The molecule has 1 fully saturated rings. The summed E-state index contributed by atoms with van der Waals surface area (Å²) < 4.78 is 6.10. The number of H-pyrrole nitrogens is 1. The highest BCUT2D eigenvalue weighted by Gasteiger charge is 2.43. The summed E-state index contributed by atoms with van der Waals surface area (Å²) in [6.07, 6.45) is -4.66. The Balaban J connectivity index is 1.95. The number of fused-ring (bicyclic) bond motifs is 1. The van der Waals surface area contributed by atoms with Crippen LogP contribution in [0.4, 0.5) is 0 Å². The zero-order chi connectivity index (χ0) is 63.4. The fourth-order valence-corrected chi connectivity index (χ4v) is 9.04. The molecule has 0 radical (unpaired) electrons. The average Bonchev–Trinajstić information content (AvgIpc) is 3.29. The predicted octanol–water partition coefficient (Wildman–Crippen LogP) is -3.58. The second-order valence-electron chi connectivity index (χ2n) is 21.6. The number of carbonyl (C=O) groups excluding carboxylic acids is 10. The normalized spacial score (nSPS) is 25.7. The number of nitrogens with one attached hydrogen (secondary N) is 10. The van der Waals surface area contributed by atoms with E-state index in [9.17, 15) is 73.5 Å². The number of cyclic esters (lactones) is 1. The van der Waals surface area contributed by atoms with E-state index in [0.29, 0.717) is 22.9 Å². The van der Waals surface area contributed by atoms with Gasteiger partial charge in [0.05, 0.1) is 31.5 Å². The predicted molar refractivity (Wildman–Crippen MR) is 308 cm³/mol. The molecular weight excluding hydrogens is 1110 g/mol. The van der Waals surface area contributed by atoms with Gasteiger partial charge in [-0.3, -0.25) is 43.2 Å². The highest BCUT2D eigenvalue weighted by atomic mass is 16.5. The number of rotatable bonds is 17. The van der Waals surface area contributed by atoms with E-state index in [0.717, 1.165) is 13.0 Å². The Hall–Kier alpha value is -7.86. The third kappa shape index (κ3) is 19.1. The molecule has 0 bridgehead atoms. The first-order valence-corrected chi connectivity index (χ1v) is 28.2. The summed E-state index contributed by atoms with van der Waals surface area (Å²) in [5.41, 5.74) is 12.7. The van der Waals surface area contributed by atoms with Gasteiger partial charge in [0.2, 0.25) is 47.3 Å². The SMILES string of the molecule is CC=C1NC(=O)C(C(O)C(C)C)NC(=O)C(CO)NC(=O)C(C(C)O)NC(=O)C(NC(=O)C(N)C(C)CC)C(C(C)C)OC(=O)C(Cc2ccccc2)NC(=O)C(CCCN)NC(=O)C(C(O)c2c[nH]c3ccccc23)NC(=O)C(CO)NC1=O. The molecule has 0 spiro atoms. The summed E-state index contributed by atoms with van der Waals surface area (Å²) >= 11 is 0. The number of hydrogen-bond acceptors (Lipinski definition) is 18. The third-order valence-electron chi connectivity index (χ3n) is 14.5. The van der Waals surface area contributed by atoms with Gasteiger partial charge in [0.15, 0.2) is 0 Å². The van der Waals surface area contributed by atoms with Crippen molar-refractivity contribution in [3.8, 4) is 0 Å². The maximum absolute atomic E-state index is 14.8. The summed E-state index contributed by atoms with van der Waals surface area (Å²) in [6, 6.07) is -1.37. The van der Waals surface area contributed by atoms with Crippen LogP contribution in [0.25, 0.3) is 10.9 Å². The number of hydrogen-bond donors (Lipinski definition) is 17. The zero-order valence-corrected chi connectivity index (χ0v) is 48.9. The maximum Gasteiger partial charge on any atom is 0.329 e. The maximum atomic E-state index is 14.8. The van der Waals surface area contributed by atoms with E-state index < -0.39 is 175 Å². The van der Waals surface area contributed by atoms with E-state index in [-0.39, 0.29) is 31.4 Å². The minimum atomic E-state index is -2.02. The van der Waals surface area contributed by atoms with Gasteiger partial charge in [-0.1, -0.05) is 103 Å². The molecule has 0 saturated carbocycles. The van der Waals surface area contributed by atoms with Crippen molar-refractivity contribution < 1.29 is 78.2 Å². The summed E-state index contributed by atoms with van der Waals surface area (Å²) in [6.45, 7) is 9.46. The molecule has 3 aromatic rings. The average molecular weight is 1190 g/mol. The molecule has 1 aromatic heterocycles. The first kappa shape index (κ1) is 69.6. The summed E-state index contributed by atoms with van der Waals surface area (Å²) in [7, 11) is 0. The number of esters is 1. The molecule has 2 aromatic carbocycles. The van der Waals surface area contributed by atoms with Crippen molar-refractivity contribution in [2.45, 2.75) is 160 Å². The van der Waals surface area contributed by atoms with Gasteiger partial charge < -0.3 is 94.6 Å². The van der Waals surface area contributed by atoms with Crippen molar-refractivity contribution in [2.24, 2.45) is 29.2 Å². The first-order valence-electron chi connectivity index (χ1n) is 28.2. The number of benzene rings is 2. The molecule has 2 heterocycles. The highest BCUT2D eigenvalue weighted by Crippen LogP contribution is 2.27. The van der Waals surface area contributed by atoms with E-state index in [1.807, 2.05) is 0 Å². The molecule has 468 valence electrons. The summed E-state index contributed by atoms with van der Waals surface area (Å²) in [5, 5.41) is 77.1. The van der Waals surface area contributed by atoms with Gasteiger partial charge in [0.1, 0.15) is 66.2 Å². The fourth-order valence-electron chi connectivity index (χ4n) is 9.04. The molecular formula is C57H84N12O16. The monoisotopic (exact) mass is 1190 g/mol. The zero-order valence-electron chi connectivity index (χ0n) is 48.9. The minimum Gasteiger partial charge on any atom is -0.458 e. The van der Waals surface area contributed by atoms with Crippen LogP contribution < -0.4 is 59.3 Å². The highest BCUT2D eigenvalue weighted by molar-refractivity contribution is 6.03. The van der Waals surface area contributed by atoms with Crippen LogP contribution in [-0.2, 0) is 59.1 Å². The van der Waals surface area contributed by atoms with Crippen LogP contribution in [-0.4, -0.2) is 182 Å². The van der Waals surface area contributed by atoms with Crippen molar-refractivity contribution in [3.63, 3.8) is 0 Å². The number of aromatic amines is 1. The number of amides is 9. The van der Waals surface area contributed by atoms with Gasteiger partial charge in [0.25, 0.3) is 5.91 Å². The van der Waals surface area contributed by atoms with Crippen molar-refractivity contribution in [3.05, 3.63) is 83.7 Å². The number of ether oxygens (including phenoxy) is 1. The van der Waals surface area contributed by atoms with Crippen LogP contribution >= 0.6 is 0 Å². The van der Waals surface area contributed by atoms with Gasteiger partial charge in [-0.15, -0.1) is 0 Å². The first-order chi connectivity index (χ1) is 40.2. The molecule has 14 atom stereocenters. The van der Waals surface area contributed by atoms with Crippen LogP contribution in [0.5, 0.6) is 0 Å². The third-order valence-corrected chi connectivity index (χ3v) is 14.5. The van der Waals surface area contributed by atoms with Gasteiger partial charge in [-0.25, -0.2) is 4.79 Å². The Bertz CT molecular complexity index is 2830. The lowest BCUT2D eigenvalue weighted by Gasteiger charge is -2.34. The van der Waals surface area contributed by atoms with Crippen molar-refractivity contribution in [1.29, 1.82) is 0 Å². The number of aliphatic hydroxyl groups is 5. The second kappa shape index (κ2) is 33.0. The van der Waals surface area contributed by atoms with Crippen molar-refractivity contribution in [1.82, 2.24) is 52.8 Å². The molecule has 28 nitrogen and oxygen atoms in total. The van der Waals surface area contributed by atoms with E-state index in [2.05, 4.69) is 52.8 Å². The van der Waals surface area contributed by atoms with E-state index >= 15 is 0 Å². The number of aliphatic hydroxyl groups excluding tert-OH is 5. The largest absolute Gasteiger partial charge is 0.458 e. The smallest absolute Gasteiger partial charge is 0.329 e. The Morgan fingerprint density at radius 3 is 1.81 bits per heavy atom. The van der Waals surface area contributed by atoms with Crippen LogP contribution in [0, 0.1) is 17.8 Å². The molecule has 1 aliphatic heterocycles. The molecule has 4 rings (SSSR count). The lowest BCUT2D eigenvalue weighted by atomic mass is 9.95. The van der Waals surface area contributed by atoms with Crippen molar-refractivity contribution >= 4 is 70.0 Å².